The van der Waals surface area contributed by atoms with Crippen LogP contribution in [0.15, 0.2) is 17.1 Å². The second kappa shape index (κ2) is 14.1. The number of rotatable bonds is 10. The zero-order valence-electron chi connectivity index (χ0n) is 18.6. The summed E-state index contributed by atoms with van der Waals surface area (Å²) < 4.78 is 16.3. The van der Waals surface area contributed by atoms with Gasteiger partial charge in [-0.05, 0) is 32.9 Å². The summed E-state index contributed by atoms with van der Waals surface area (Å²) >= 11 is 0. The van der Waals surface area contributed by atoms with E-state index >= 15 is 0 Å². The number of hydrogen-bond acceptors (Lipinski definition) is 5. The van der Waals surface area contributed by atoms with Gasteiger partial charge in [0, 0.05) is 32.2 Å². The number of nitrogens with zero attached hydrogens (tertiary/aromatic N) is 3. The number of aliphatic imine (C=N–C) groups is 1. The molecule has 0 aliphatic heterocycles. The molecule has 1 N–H and O–H groups in total. The van der Waals surface area contributed by atoms with Crippen molar-refractivity contribution in [1.82, 2.24) is 15.1 Å². The van der Waals surface area contributed by atoms with Crippen LogP contribution in [0.1, 0.15) is 26.3 Å². The van der Waals surface area contributed by atoms with Crippen molar-refractivity contribution in [2.45, 2.75) is 27.3 Å². The number of nitrogens with one attached hydrogen (secondary N) is 1. The molecule has 0 radical (unpaired) electrons. The van der Waals surface area contributed by atoms with Crippen LogP contribution in [0.5, 0.6) is 17.2 Å². The summed E-state index contributed by atoms with van der Waals surface area (Å²) in [6.45, 7) is 8.66. The first kappa shape index (κ1) is 27.1. The number of hydrogen-bond donors (Lipinski definition) is 1. The van der Waals surface area contributed by atoms with Crippen molar-refractivity contribution in [2.24, 2.45) is 4.99 Å². The highest BCUT2D eigenvalue weighted by Gasteiger charge is 2.17. The molecule has 29 heavy (non-hydrogen) atoms. The number of methoxy groups -OCH3 is 3. The molecule has 0 unspecified atom stereocenters. The lowest BCUT2D eigenvalue weighted by Gasteiger charge is -2.25. The Morgan fingerprint density at radius 3 is 2.14 bits per heavy atom. The highest BCUT2D eigenvalue weighted by Crippen LogP contribution is 2.39. The summed E-state index contributed by atoms with van der Waals surface area (Å²) in [7, 11) is 6.60. The molecule has 0 fully saturated rings. The quantitative estimate of drug-likeness (QED) is 0.289. The molecule has 1 amide bonds. The number of carbonyl (C=O) groups is 1. The molecule has 0 spiro atoms. The number of guanidine groups is 1. The fourth-order valence-electron chi connectivity index (χ4n) is 2.87. The van der Waals surface area contributed by atoms with Crippen LogP contribution in [0.2, 0.25) is 0 Å². The molecular weight excluding hydrogens is 487 g/mol. The number of amides is 1. The van der Waals surface area contributed by atoms with Gasteiger partial charge in [0.25, 0.3) is 0 Å². The van der Waals surface area contributed by atoms with E-state index < -0.39 is 0 Å². The van der Waals surface area contributed by atoms with Gasteiger partial charge in [-0.3, -0.25) is 4.79 Å². The summed E-state index contributed by atoms with van der Waals surface area (Å²) in [6, 6.07) is 3.72. The molecule has 0 bridgehead atoms. The molecule has 0 aromatic heterocycles. The molecule has 0 saturated carbocycles. The Morgan fingerprint density at radius 2 is 1.66 bits per heavy atom. The van der Waals surface area contributed by atoms with Crippen LogP contribution >= 0.6 is 24.0 Å². The third kappa shape index (κ3) is 7.45. The molecule has 0 heterocycles. The molecule has 1 rings (SSSR count). The van der Waals surface area contributed by atoms with Gasteiger partial charge in [-0.15, -0.1) is 24.0 Å². The smallest absolute Gasteiger partial charge is 0.242 e. The lowest BCUT2D eigenvalue weighted by atomic mass is 10.1. The van der Waals surface area contributed by atoms with Gasteiger partial charge in [0.05, 0.1) is 34.4 Å². The largest absolute Gasteiger partial charge is 0.493 e. The minimum Gasteiger partial charge on any atom is -0.493 e. The van der Waals surface area contributed by atoms with Crippen LogP contribution in [0.25, 0.3) is 0 Å². The normalized spacial score (nSPS) is 10.7. The first-order valence-corrected chi connectivity index (χ1v) is 9.52. The zero-order chi connectivity index (χ0) is 21.1. The maximum absolute atomic E-state index is 12.4. The average Bonchev–Trinajstić information content (AvgIpc) is 2.70. The van der Waals surface area contributed by atoms with Crippen molar-refractivity contribution in [1.29, 1.82) is 0 Å². The van der Waals surface area contributed by atoms with Gasteiger partial charge in [-0.25, -0.2) is 4.99 Å². The third-order valence-electron chi connectivity index (χ3n) is 4.37. The maximum Gasteiger partial charge on any atom is 0.242 e. The SMILES string of the molecule is CCNC(=NCc1ccc(OC)c(OC)c1OC)N(C)CC(=O)N(CC)CC.I. The molecule has 8 nitrogen and oxygen atoms in total. The van der Waals surface area contributed by atoms with Crippen molar-refractivity contribution in [3.63, 3.8) is 0 Å². The van der Waals surface area contributed by atoms with E-state index in [1.807, 2.05) is 44.9 Å². The van der Waals surface area contributed by atoms with E-state index in [1.165, 1.54) is 0 Å². The Morgan fingerprint density at radius 1 is 1.03 bits per heavy atom. The number of likely N-dealkylation sites (N-methyl/N-ethyl adjacent to an activating group) is 2. The van der Waals surface area contributed by atoms with Gasteiger partial charge < -0.3 is 29.3 Å². The van der Waals surface area contributed by atoms with Crippen LogP contribution in [0, 0.1) is 0 Å². The van der Waals surface area contributed by atoms with E-state index in [2.05, 4.69) is 10.3 Å². The van der Waals surface area contributed by atoms with Crippen molar-refractivity contribution < 1.29 is 19.0 Å². The summed E-state index contributed by atoms with van der Waals surface area (Å²) in [5.41, 5.74) is 0.860. The monoisotopic (exact) mass is 522 g/mol. The average molecular weight is 522 g/mol. The minimum absolute atomic E-state index is 0. The molecule has 9 heteroatoms. The summed E-state index contributed by atoms with van der Waals surface area (Å²) in [5, 5.41) is 3.23. The van der Waals surface area contributed by atoms with Crippen molar-refractivity contribution in [2.75, 3.05) is 54.6 Å². The first-order chi connectivity index (χ1) is 13.5. The van der Waals surface area contributed by atoms with Crippen LogP contribution in [-0.2, 0) is 11.3 Å². The third-order valence-corrected chi connectivity index (χ3v) is 4.37. The standard InChI is InChI=1S/C20H34N4O4.HI/c1-8-21-20(23(4)14-17(25)24(9-2)10-3)22-13-15-11-12-16(26-5)19(28-7)18(15)27-6;/h11-12H,8-10,13-14H2,1-7H3,(H,21,22);1H. The minimum atomic E-state index is 0. The Hall–Kier alpha value is -1.91. The Balaban J connectivity index is 0.00000784. The van der Waals surface area contributed by atoms with Gasteiger partial charge in [-0.1, -0.05) is 0 Å². The fourth-order valence-corrected chi connectivity index (χ4v) is 2.87. The van der Waals surface area contributed by atoms with Crippen molar-refractivity contribution in [3.05, 3.63) is 17.7 Å². The van der Waals surface area contributed by atoms with E-state index in [1.54, 1.807) is 26.2 Å². The van der Waals surface area contributed by atoms with Crippen LogP contribution in [-0.4, -0.2) is 76.2 Å². The zero-order valence-corrected chi connectivity index (χ0v) is 20.9. The Labute approximate surface area is 191 Å². The molecule has 1 aromatic rings. The van der Waals surface area contributed by atoms with Crippen LogP contribution in [0.3, 0.4) is 0 Å². The predicted molar refractivity (Wildman–Crippen MR) is 127 cm³/mol. The Bertz CT molecular complexity index is 666. The first-order valence-electron chi connectivity index (χ1n) is 9.52. The maximum atomic E-state index is 12.4. The fraction of sp³-hybridized carbons (Fsp3) is 0.600. The van der Waals surface area contributed by atoms with E-state index in [0.29, 0.717) is 49.4 Å². The highest BCUT2D eigenvalue weighted by molar-refractivity contribution is 14.0. The molecule has 0 atom stereocenters. The number of halogens is 1. The van der Waals surface area contributed by atoms with Crippen molar-refractivity contribution >= 4 is 35.8 Å². The van der Waals surface area contributed by atoms with Crippen molar-refractivity contribution in [3.8, 4) is 17.2 Å². The molecule has 166 valence electrons. The second-order valence-corrected chi connectivity index (χ2v) is 6.09. The predicted octanol–water partition coefficient (Wildman–Crippen LogP) is 2.60. The summed E-state index contributed by atoms with van der Waals surface area (Å²) in [4.78, 5) is 20.7. The van der Waals surface area contributed by atoms with Gasteiger partial charge in [0.1, 0.15) is 0 Å². The van der Waals surface area contributed by atoms with Crippen LogP contribution < -0.4 is 19.5 Å². The highest BCUT2D eigenvalue weighted by atomic mass is 127. The lowest BCUT2D eigenvalue weighted by Crippen LogP contribution is -2.45. The van der Waals surface area contributed by atoms with Crippen LogP contribution in [0.4, 0.5) is 0 Å². The topological polar surface area (TPSA) is 75.6 Å². The van der Waals surface area contributed by atoms with Gasteiger partial charge in [0.15, 0.2) is 17.5 Å². The van der Waals surface area contributed by atoms with Gasteiger partial charge in [0.2, 0.25) is 11.7 Å². The van der Waals surface area contributed by atoms with E-state index in [4.69, 9.17) is 14.2 Å². The number of ether oxygens (including phenoxy) is 3. The molecule has 1 aromatic carbocycles. The second-order valence-electron chi connectivity index (χ2n) is 6.09. The summed E-state index contributed by atoms with van der Waals surface area (Å²) in [6.07, 6.45) is 0. The van der Waals surface area contributed by atoms with E-state index in [0.717, 1.165) is 5.56 Å². The molecule has 0 saturated heterocycles. The Kier molecular flexibility index (Phi) is 13.2. The lowest BCUT2D eigenvalue weighted by molar-refractivity contribution is -0.131. The summed E-state index contributed by atoms with van der Waals surface area (Å²) in [5.74, 6) is 2.44. The van der Waals surface area contributed by atoms with E-state index in [-0.39, 0.29) is 36.4 Å². The van der Waals surface area contributed by atoms with Gasteiger partial charge >= 0.3 is 0 Å². The number of benzene rings is 1. The molecular formula is C20H35IN4O4. The number of carbonyl (C=O) groups excluding carboxylic acids is 1. The molecule has 0 aliphatic carbocycles. The molecule has 0 aliphatic rings. The van der Waals surface area contributed by atoms with Gasteiger partial charge in [-0.2, -0.15) is 0 Å². The van der Waals surface area contributed by atoms with E-state index in [9.17, 15) is 4.79 Å².